The molecule has 1 atom stereocenters. The van der Waals surface area contributed by atoms with E-state index in [2.05, 4.69) is 31.4 Å². The van der Waals surface area contributed by atoms with Crippen molar-refractivity contribution >= 4 is 50.6 Å². The normalized spacial score (nSPS) is 12.1. The lowest BCUT2D eigenvalue weighted by molar-refractivity contribution is -0.115. The van der Waals surface area contributed by atoms with Crippen LogP contribution < -0.4 is 5.32 Å². The smallest absolute Gasteiger partial charge is 0.277 e. The molecule has 0 spiro atoms. The Labute approximate surface area is 149 Å². The third-order valence-corrected chi connectivity index (χ3v) is 5.16. The van der Waals surface area contributed by atoms with Gasteiger partial charge in [-0.15, -0.1) is 21.5 Å². The van der Waals surface area contributed by atoms with Crippen molar-refractivity contribution in [2.24, 2.45) is 0 Å². The number of carbonyl (C=O) groups is 1. The molecule has 118 valence electrons. The number of thioether (sulfide) groups is 1. The van der Waals surface area contributed by atoms with E-state index < -0.39 is 0 Å². The van der Waals surface area contributed by atoms with Gasteiger partial charge in [-0.05, 0) is 36.6 Å². The maximum atomic E-state index is 12.2. The van der Waals surface area contributed by atoms with Gasteiger partial charge in [0.05, 0.1) is 10.1 Å². The Morgan fingerprint density at radius 3 is 2.96 bits per heavy atom. The number of aromatic nitrogens is 2. The number of hydrogen-bond acceptors (Lipinski definition) is 6. The minimum absolute atomic E-state index is 0.121. The predicted molar refractivity (Wildman–Crippen MR) is 95.7 cm³/mol. The summed E-state index contributed by atoms with van der Waals surface area (Å²) in [5, 5.41) is 12.8. The summed E-state index contributed by atoms with van der Waals surface area (Å²) < 4.78 is 6.49. The number of anilines is 1. The van der Waals surface area contributed by atoms with Gasteiger partial charge in [-0.2, -0.15) is 0 Å². The number of amides is 1. The van der Waals surface area contributed by atoms with Crippen LogP contribution in [0.4, 0.5) is 5.69 Å². The van der Waals surface area contributed by atoms with E-state index in [0.717, 1.165) is 15.0 Å². The van der Waals surface area contributed by atoms with Crippen LogP contribution in [0.15, 0.2) is 55.9 Å². The molecule has 0 bridgehead atoms. The highest BCUT2D eigenvalue weighted by Gasteiger charge is 2.19. The SMILES string of the molecule is C[C@H](Sc1nnc(-c2cccs2)o1)C(=O)Nc1cccc(Br)c1. The molecule has 1 N–H and O–H groups in total. The van der Waals surface area contributed by atoms with Crippen LogP contribution in [0.5, 0.6) is 0 Å². The van der Waals surface area contributed by atoms with Crippen LogP contribution in [0.1, 0.15) is 6.92 Å². The van der Waals surface area contributed by atoms with Crippen molar-refractivity contribution in [2.75, 3.05) is 5.32 Å². The zero-order valence-corrected chi connectivity index (χ0v) is 15.2. The Morgan fingerprint density at radius 2 is 2.22 bits per heavy atom. The van der Waals surface area contributed by atoms with Gasteiger partial charge in [-0.1, -0.05) is 39.8 Å². The highest BCUT2D eigenvalue weighted by Crippen LogP contribution is 2.29. The van der Waals surface area contributed by atoms with E-state index >= 15 is 0 Å². The summed E-state index contributed by atoms with van der Waals surface area (Å²) in [7, 11) is 0. The third-order valence-electron chi connectivity index (χ3n) is 2.88. The van der Waals surface area contributed by atoms with Gasteiger partial charge in [0, 0.05) is 10.2 Å². The summed E-state index contributed by atoms with van der Waals surface area (Å²) in [6, 6.07) is 11.3. The Morgan fingerprint density at radius 1 is 1.35 bits per heavy atom. The molecule has 8 heteroatoms. The first-order valence-corrected chi connectivity index (χ1v) is 9.27. The number of hydrogen-bond donors (Lipinski definition) is 1. The van der Waals surface area contributed by atoms with Gasteiger partial charge < -0.3 is 9.73 Å². The summed E-state index contributed by atoms with van der Waals surface area (Å²) in [5.74, 6) is 0.353. The summed E-state index contributed by atoms with van der Waals surface area (Å²) in [6.45, 7) is 1.80. The molecule has 0 radical (unpaired) electrons. The fourth-order valence-corrected chi connectivity index (χ4v) is 3.50. The van der Waals surface area contributed by atoms with Crippen molar-refractivity contribution in [3.63, 3.8) is 0 Å². The topological polar surface area (TPSA) is 68.0 Å². The Hall–Kier alpha value is -1.64. The number of halogens is 1. The van der Waals surface area contributed by atoms with E-state index in [9.17, 15) is 4.79 Å². The van der Waals surface area contributed by atoms with Gasteiger partial charge in [0.15, 0.2) is 0 Å². The van der Waals surface area contributed by atoms with Crippen molar-refractivity contribution in [3.05, 3.63) is 46.3 Å². The molecule has 3 aromatic rings. The van der Waals surface area contributed by atoms with Gasteiger partial charge in [-0.3, -0.25) is 4.79 Å². The fraction of sp³-hybridized carbons (Fsp3) is 0.133. The molecule has 0 fully saturated rings. The zero-order chi connectivity index (χ0) is 16.2. The summed E-state index contributed by atoms with van der Waals surface area (Å²) >= 11 is 6.14. The maximum absolute atomic E-state index is 12.2. The minimum atomic E-state index is -0.356. The second kappa shape index (κ2) is 7.29. The fourth-order valence-electron chi connectivity index (χ4n) is 1.77. The summed E-state index contributed by atoms with van der Waals surface area (Å²) in [6.07, 6.45) is 0. The molecule has 5 nitrogen and oxygen atoms in total. The van der Waals surface area contributed by atoms with Gasteiger partial charge in [-0.25, -0.2) is 0 Å². The predicted octanol–water partition coefficient (Wildman–Crippen LogP) is 4.68. The molecular formula is C15H12BrN3O2S2. The number of nitrogens with one attached hydrogen (secondary N) is 1. The second-order valence-electron chi connectivity index (χ2n) is 4.61. The van der Waals surface area contributed by atoms with E-state index in [4.69, 9.17) is 4.42 Å². The molecule has 0 saturated heterocycles. The number of nitrogens with zero attached hydrogens (tertiary/aromatic N) is 2. The Balaban J connectivity index is 1.62. The standard InChI is InChI=1S/C15H12BrN3O2S2/c1-9(13(20)17-11-5-2-4-10(16)8-11)23-15-19-18-14(21-15)12-6-3-7-22-12/h2-9H,1H3,(H,17,20)/t9-/m0/s1. The summed E-state index contributed by atoms with van der Waals surface area (Å²) in [5.41, 5.74) is 0.738. The molecule has 1 amide bonds. The number of carbonyl (C=O) groups excluding carboxylic acids is 1. The van der Waals surface area contributed by atoms with Gasteiger partial charge >= 0.3 is 0 Å². The van der Waals surface area contributed by atoms with Gasteiger partial charge in [0.25, 0.3) is 11.1 Å². The van der Waals surface area contributed by atoms with Crippen LogP contribution in [0, 0.1) is 0 Å². The average Bonchev–Trinajstić information content (AvgIpc) is 3.17. The Bertz CT molecular complexity index is 805. The molecule has 0 aliphatic rings. The first-order chi connectivity index (χ1) is 11.1. The van der Waals surface area contributed by atoms with Crippen LogP contribution in [0.3, 0.4) is 0 Å². The monoisotopic (exact) mass is 409 g/mol. The van der Waals surface area contributed by atoms with E-state index in [0.29, 0.717) is 11.1 Å². The van der Waals surface area contributed by atoms with Crippen molar-refractivity contribution in [3.8, 4) is 10.8 Å². The third kappa shape index (κ3) is 4.21. The van der Waals surface area contributed by atoms with Crippen LogP contribution in [0.2, 0.25) is 0 Å². The number of benzene rings is 1. The lowest BCUT2D eigenvalue weighted by atomic mass is 10.3. The quantitative estimate of drug-likeness (QED) is 0.619. The lowest BCUT2D eigenvalue weighted by Gasteiger charge is -2.10. The molecule has 0 aliphatic carbocycles. The van der Waals surface area contributed by atoms with Gasteiger partial charge in [0.1, 0.15) is 0 Å². The van der Waals surface area contributed by atoms with Crippen molar-refractivity contribution in [1.82, 2.24) is 10.2 Å². The summed E-state index contributed by atoms with van der Waals surface area (Å²) in [4.78, 5) is 13.1. The van der Waals surface area contributed by atoms with Crippen molar-refractivity contribution in [2.45, 2.75) is 17.4 Å². The van der Waals surface area contributed by atoms with Crippen LogP contribution in [-0.2, 0) is 4.79 Å². The maximum Gasteiger partial charge on any atom is 0.277 e. The Kier molecular flexibility index (Phi) is 5.14. The highest BCUT2D eigenvalue weighted by molar-refractivity contribution is 9.10. The zero-order valence-electron chi connectivity index (χ0n) is 12.0. The number of rotatable bonds is 5. The molecule has 2 aromatic heterocycles. The molecule has 2 heterocycles. The van der Waals surface area contributed by atoms with Crippen molar-refractivity contribution in [1.29, 1.82) is 0 Å². The molecule has 23 heavy (non-hydrogen) atoms. The second-order valence-corrected chi connectivity index (χ2v) is 7.77. The first kappa shape index (κ1) is 16.2. The van der Waals surface area contributed by atoms with Crippen LogP contribution in [0.25, 0.3) is 10.8 Å². The van der Waals surface area contributed by atoms with E-state index in [1.807, 2.05) is 41.8 Å². The molecule has 0 aliphatic heterocycles. The van der Waals surface area contributed by atoms with Gasteiger partial charge in [0.2, 0.25) is 5.91 Å². The van der Waals surface area contributed by atoms with E-state index in [1.165, 1.54) is 23.1 Å². The lowest BCUT2D eigenvalue weighted by Crippen LogP contribution is -2.22. The first-order valence-electron chi connectivity index (χ1n) is 6.72. The molecular weight excluding hydrogens is 398 g/mol. The van der Waals surface area contributed by atoms with E-state index in [-0.39, 0.29) is 11.2 Å². The van der Waals surface area contributed by atoms with Crippen LogP contribution in [-0.4, -0.2) is 21.4 Å². The largest absolute Gasteiger partial charge is 0.410 e. The molecule has 0 unspecified atom stereocenters. The van der Waals surface area contributed by atoms with E-state index in [1.54, 1.807) is 6.92 Å². The highest BCUT2D eigenvalue weighted by atomic mass is 79.9. The molecule has 1 aromatic carbocycles. The van der Waals surface area contributed by atoms with Crippen molar-refractivity contribution < 1.29 is 9.21 Å². The minimum Gasteiger partial charge on any atom is -0.410 e. The average molecular weight is 410 g/mol. The number of thiophene rings is 1. The molecule has 0 saturated carbocycles. The van der Waals surface area contributed by atoms with Crippen LogP contribution >= 0.6 is 39.0 Å². The molecule has 3 rings (SSSR count).